The number of rotatable bonds is 22. The Kier molecular flexibility index (Phi) is 18.5. The van der Waals surface area contributed by atoms with Gasteiger partial charge >= 0.3 is 5.97 Å². The molecule has 0 radical (unpaired) electrons. The number of methoxy groups -OCH3 is 1. The first-order valence-corrected chi connectivity index (χ1v) is 20.6. The molecule has 1 heterocycles. The van der Waals surface area contributed by atoms with E-state index in [0.717, 1.165) is 69.3 Å². The average Bonchev–Trinajstić information content (AvgIpc) is 3.15. The van der Waals surface area contributed by atoms with Crippen LogP contribution in [0.15, 0.2) is 47.4 Å². The van der Waals surface area contributed by atoms with Crippen LogP contribution in [0.1, 0.15) is 123 Å². The highest BCUT2D eigenvalue weighted by molar-refractivity contribution is 7.99. The summed E-state index contributed by atoms with van der Waals surface area (Å²) in [6, 6.07) is 15.4. The molecule has 2 aromatic carbocycles. The molecule has 0 N–H and O–H groups in total. The van der Waals surface area contributed by atoms with E-state index in [2.05, 4.69) is 64.1 Å². The number of carbonyl (C=O) groups is 1. The summed E-state index contributed by atoms with van der Waals surface area (Å²) in [7, 11) is 1.42. The smallest absolute Gasteiger partial charge is 0.337 e. The molecular formula is C42H64O7S. The number of esters is 1. The Bertz CT molecular complexity index is 1250. The number of carbonyl (C=O) groups excluding carboxylic acids is 1. The van der Waals surface area contributed by atoms with Crippen LogP contribution in [0.25, 0.3) is 11.1 Å². The molecule has 1 aliphatic heterocycles. The van der Waals surface area contributed by atoms with Gasteiger partial charge in [0.25, 0.3) is 0 Å². The summed E-state index contributed by atoms with van der Waals surface area (Å²) in [4.78, 5) is 14.6. The first kappa shape index (κ1) is 40.7. The monoisotopic (exact) mass is 712 g/mol. The highest BCUT2D eigenvalue weighted by Gasteiger charge is 2.51. The van der Waals surface area contributed by atoms with Crippen LogP contribution in [-0.4, -0.2) is 75.8 Å². The number of benzene rings is 2. The van der Waals surface area contributed by atoms with Crippen molar-refractivity contribution in [2.75, 3.05) is 39.3 Å². The van der Waals surface area contributed by atoms with Gasteiger partial charge in [0, 0.05) is 30.5 Å². The molecule has 0 amide bonds. The summed E-state index contributed by atoms with van der Waals surface area (Å²) in [5.74, 6) is 1.63. The third-order valence-corrected chi connectivity index (χ3v) is 11.0. The molecule has 2 unspecified atom stereocenters. The van der Waals surface area contributed by atoms with Crippen LogP contribution in [0, 0.1) is 0 Å². The maximum Gasteiger partial charge on any atom is 0.337 e. The topological polar surface area (TPSA) is 72.5 Å². The average molecular weight is 713 g/mol. The summed E-state index contributed by atoms with van der Waals surface area (Å²) in [6.45, 7) is 11.1. The van der Waals surface area contributed by atoms with Gasteiger partial charge in [-0.1, -0.05) is 96.9 Å². The first-order valence-electron chi connectivity index (χ1n) is 19.6. The van der Waals surface area contributed by atoms with Crippen molar-refractivity contribution in [2.45, 2.75) is 152 Å². The second-order valence-corrected chi connectivity index (χ2v) is 14.9. The Labute approximate surface area is 306 Å². The Morgan fingerprint density at radius 1 is 0.740 bits per heavy atom. The number of hydrogen-bond donors (Lipinski definition) is 0. The van der Waals surface area contributed by atoms with Crippen molar-refractivity contribution < 1.29 is 33.2 Å². The summed E-state index contributed by atoms with van der Waals surface area (Å²) in [6.07, 6.45) is 11.5. The van der Waals surface area contributed by atoms with Crippen LogP contribution < -0.4 is 4.74 Å². The lowest BCUT2D eigenvalue weighted by atomic mass is 9.83. The molecule has 1 saturated heterocycles. The summed E-state index contributed by atoms with van der Waals surface area (Å²) < 4.78 is 37.7. The van der Waals surface area contributed by atoms with E-state index in [1.165, 1.54) is 55.2 Å². The van der Waals surface area contributed by atoms with Crippen molar-refractivity contribution in [2.24, 2.45) is 0 Å². The fourth-order valence-electron chi connectivity index (χ4n) is 6.88. The fourth-order valence-corrected chi connectivity index (χ4v) is 8.10. The minimum Gasteiger partial charge on any atom is -0.494 e. The van der Waals surface area contributed by atoms with Gasteiger partial charge in [-0.15, -0.1) is 11.8 Å². The van der Waals surface area contributed by atoms with Crippen LogP contribution in [0.3, 0.4) is 0 Å². The molecule has 1 saturated carbocycles. The Balaban J connectivity index is 1.66. The van der Waals surface area contributed by atoms with Crippen molar-refractivity contribution >= 4 is 17.7 Å². The van der Waals surface area contributed by atoms with Gasteiger partial charge in [-0.05, 0) is 79.3 Å². The number of unbranched alkanes of at least 4 members (excludes halogenated alkanes) is 4. The van der Waals surface area contributed by atoms with Crippen LogP contribution in [-0.2, 0) is 28.5 Å². The lowest BCUT2D eigenvalue weighted by molar-refractivity contribution is -0.255. The lowest BCUT2D eigenvalue weighted by Gasteiger charge is -2.45. The molecule has 0 spiro atoms. The second-order valence-electron chi connectivity index (χ2n) is 13.8. The van der Waals surface area contributed by atoms with Crippen molar-refractivity contribution in [3.8, 4) is 16.9 Å². The van der Waals surface area contributed by atoms with E-state index < -0.39 is 30.4 Å². The lowest BCUT2D eigenvalue weighted by Crippen LogP contribution is -2.63. The molecule has 4 rings (SSSR count). The van der Waals surface area contributed by atoms with Crippen LogP contribution in [0.5, 0.6) is 5.75 Å². The molecule has 50 heavy (non-hydrogen) atoms. The minimum absolute atomic E-state index is 0.378. The molecule has 1 aliphatic carbocycles. The zero-order chi connectivity index (χ0) is 35.6. The molecule has 280 valence electrons. The first-order chi connectivity index (χ1) is 24.5. The molecule has 7 nitrogen and oxygen atoms in total. The van der Waals surface area contributed by atoms with E-state index in [-0.39, 0.29) is 6.10 Å². The number of thioether (sulfide) groups is 1. The van der Waals surface area contributed by atoms with E-state index >= 15 is 0 Å². The zero-order valence-corrected chi connectivity index (χ0v) is 32.3. The molecule has 8 heteroatoms. The summed E-state index contributed by atoms with van der Waals surface area (Å²) in [5.41, 5.74) is 3.73. The molecule has 5 atom stereocenters. The number of hydrogen-bond acceptors (Lipinski definition) is 8. The van der Waals surface area contributed by atoms with E-state index in [0.29, 0.717) is 31.5 Å². The van der Waals surface area contributed by atoms with E-state index in [1.54, 1.807) is 0 Å². The maximum absolute atomic E-state index is 13.3. The highest BCUT2D eigenvalue weighted by atomic mass is 32.2. The predicted molar refractivity (Wildman–Crippen MR) is 203 cm³/mol. The van der Waals surface area contributed by atoms with Gasteiger partial charge in [0.1, 0.15) is 24.1 Å². The van der Waals surface area contributed by atoms with Crippen molar-refractivity contribution in [3.05, 3.63) is 48.0 Å². The minimum atomic E-state index is -0.889. The largest absolute Gasteiger partial charge is 0.494 e. The summed E-state index contributed by atoms with van der Waals surface area (Å²) in [5, 5.41) is 0. The highest BCUT2D eigenvalue weighted by Crippen LogP contribution is 2.41. The molecule has 2 fully saturated rings. The van der Waals surface area contributed by atoms with Crippen LogP contribution in [0.2, 0.25) is 0 Å². The molecule has 0 aromatic heterocycles. The quantitative estimate of drug-likeness (QED) is 0.0679. The SMILES string of the molecule is CCCCOc1cccc(-c2ccc(C3CCCCC3)c(SC[C@@H]3OC(C(=O)OC)[C@@H](OCCCC)C(OCCCC)[C@@H]3OCCCC)c2)c1. The molecule has 2 aliphatic rings. The van der Waals surface area contributed by atoms with Gasteiger partial charge in [0.15, 0.2) is 6.10 Å². The van der Waals surface area contributed by atoms with Crippen molar-refractivity contribution in [1.82, 2.24) is 0 Å². The third-order valence-electron chi connectivity index (χ3n) is 9.89. The molecular weight excluding hydrogens is 649 g/mol. The Hall–Kier alpha value is -2.10. The third kappa shape index (κ3) is 12.0. The predicted octanol–water partition coefficient (Wildman–Crippen LogP) is 10.2. The normalized spacial score (nSPS) is 22.8. The molecule has 0 bridgehead atoms. The van der Waals surface area contributed by atoms with Crippen LogP contribution >= 0.6 is 11.8 Å². The Morgan fingerprint density at radius 3 is 2.02 bits per heavy atom. The maximum atomic E-state index is 13.3. The van der Waals surface area contributed by atoms with Gasteiger partial charge in [0.2, 0.25) is 0 Å². The van der Waals surface area contributed by atoms with Gasteiger partial charge in [-0.25, -0.2) is 4.79 Å². The summed E-state index contributed by atoms with van der Waals surface area (Å²) >= 11 is 1.81. The van der Waals surface area contributed by atoms with Crippen molar-refractivity contribution in [1.29, 1.82) is 0 Å². The van der Waals surface area contributed by atoms with Gasteiger partial charge < -0.3 is 28.4 Å². The van der Waals surface area contributed by atoms with Gasteiger partial charge in [-0.3, -0.25) is 0 Å². The van der Waals surface area contributed by atoms with Gasteiger partial charge in [0.05, 0.1) is 19.8 Å². The number of ether oxygens (including phenoxy) is 6. The second kappa shape index (κ2) is 22.8. The Morgan fingerprint density at radius 2 is 1.36 bits per heavy atom. The van der Waals surface area contributed by atoms with E-state index in [9.17, 15) is 4.79 Å². The van der Waals surface area contributed by atoms with Crippen molar-refractivity contribution in [3.63, 3.8) is 0 Å². The fraction of sp³-hybridized carbons (Fsp3) is 0.690. The zero-order valence-electron chi connectivity index (χ0n) is 31.5. The van der Waals surface area contributed by atoms with Crippen LogP contribution in [0.4, 0.5) is 0 Å². The molecule has 2 aromatic rings. The van der Waals surface area contributed by atoms with E-state index in [4.69, 9.17) is 28.4 Å². The standard InChI is InChI=1S/C42H64O7S/c1-6-10-24-45-34-21-17-20-32(28-34)33-22-23-35(31-18-15-14-16-19-31)37(29-33)50-30-36-38(46-25-11-7-2)39(47-26-12-8-3)40(48-27-13-9-4)41(49-36)42(43)44-5/h17,20-23,28-29,31,36,38-41H,6-16,18-19,24-27,30H2,1-5H3/t36-,38+,39?,40-,41?/m0/s1. The van der Waals surface area contributed by atoms with E-state index in [1.807, 2.05) is 17.8 Å². The van der Waals surface area contributed by atoms with Gasteiger partial charge in [-0.2, -0.15) is 0 Å².